The van der Waals surface area contributed by atoms with Crippen molar-refractivity contribution >= 4 is 5.82 Å². The largest absolute Gasteiger partial charge is 0.370 e. The van der Waals surface area contributed by atoms with Crippen LogP contribution in [-0.4, -0.2) is 36.6 Å². The summed E-state index contributed by atoms with van der Waals surface area (Å²) in [5, 5.41) is 3.17. The molecule has 0 amide bonds. The number of nitrogens with one attached hydrogen (secondary N) is 1. The lowest BCUT2D eigenvalue weighted by molar-refractivity contribution is 0.399. The summed E-state index contributed by atoms with van der Waals surface area (Å²) in [4.78, 5) is 6.07. The highest BCUT2D eigenvalue weighted by Crippen LogP contribution is 2.14. The zero-order valence-corrected chi connectivity index (χ0v) is 8.91. The van der Waals surface area contributed by atoms with Gasteiger partial charge in [-0.1, -0.05) is 6.07 Å². The van der Waals surface area contributed by atoms with Crippen LogP contribution < -0.4 is 5.32 Å². The average Bonchev–Trinajstić information content (AvgIpc) is 2.62. The highest BCUT2D eigenvalue weighted by atomic mass is 19.1. The van der Waals surface area contributed by atoms with Gasteiger partial charge in [0.05, 0.1) is 0 Å². The highest BCUT2D eigenvalue weighted by Gasteiger charge is 2.18. The number of aromatic nitrogens is 1. The molecule has 1 aromatic rings. The normalized spacial score (nSPS) is 21.9. The molecule has 1 aliphatic rings. The molecule has 82 valence electrons. The number of pyridine rings is 1. The van der Waals surface area contributed by atoms with Crippen LogP contribution in [0.15, 0.2) is 18.2 Å². The van der Waals surface area contributed by atoms with E-state index >= 15 is 0 Å². The van der Waals surface area contributed by atoms with Gasteiger partial charge in [0, 0.05) is 13.1 Å². The Labute approximate surface area is 89.3 Å². The van der Waals surface area contributed by atoms with Crippen LogP contribution in [0.4, 0.5) is 10.2 Å². The first-order valence-electron chi connectivity index (χ1n) is 5.29. The molecular formula is C11H16FN3. The summed E-state index contributed by atoms with van der Waals surface area (Å²) in [6.45, 7) is 3.14. The molecule has 1 aliphatic heterocycles. The van der Waals surface area contributed by atoms with Crippen LogP contribution in [0.1, 0.15) is 6.42 Å². The summed E-state index contributed by atoms with van der Waals surface area (Å²) in [5.41, 5.74) is 0. The first-order chi connectivity index (χ1) is 7.24. The maximum absolute atomic E-state index is 12.8. The standard InChI is InChI=1S/C11H16FN3/c1-15-6-5-9(8-15)7-13-11-4-2-3-10(12)14-11/h2-4,9H,5-8H2,1H3,(H,13,14). The van der Waals surface area contributed by atoms with Crippen LogP contribution in [0.5, 0.6) is 0 Å². The molecule has 0 aromatic carbocycles. The zero-order chi connectivity index (χ0) is 10.7. The molecule has 1 fully saturated rings. The van der Waals surface area contributed by atoms with Gasteiger partial charge in [-0.15, -0.1) is 0 Å². The molecule has 0 saturated carbocycles. The van der Waals surface area contributed by atoms with Crippen LogP contribution in [0, 0.1) is 11.9 Å². The lowest BCUT2D eigenvalue weighted by Gasteiger charge is -2.11. The minimum atomic E-state index is -0.427. The minimum absolute atomic E-state index is 0.427. The molecule has 3 nitrogen and oxygen atoms in total. The number of rotatable bonds is 3. The molecule has 4 heteroatoms. The predicted molar refractivity (Wildman–Crippen MR) is 58.3 cm³/mol. The number of anilines is 1. The molecule has 0 bridgehead atoms. The van der Waals surface area contributed by atoms with Gasteiger partial charge >= 0.3 is 0 Å². The second-order valence-corrected chi connectivity index (χ2v) is 4.14. The summed E-state index contributed by atoms with van der Waals surface area (Å²) in [6.07, 6.45) is 1.21. The van der Waals surface area contributed by atoms with E-state index in [1.807, 2.05) is 0 Å². The van der Waals surface area contributed by atoms with Gasteiger partial charge in [-0.05, 0) is 38.1 Å². The number of likely N-dealkylation sites (tertiary alicyclic amines) is 1. The summed E-state index contributed by atoms with van der Waals surface area (Å²) >= 11 is 0. The Hall–Kier alpha value is -1.16. The molecule has 1 atom stereocenters. The van der Waals surface area contributed by atoms with Crippen molar-refractivity contribution in [2.45, 2.75) is 6.42 Å². The van der Waals surface area contributed by atoms with Crippen LogP contribution in [0.2, 0.25) is 0 Å². The summed E-state index contributed by atoms with van der Waals surface area (Å²) in [5.74, 6) is 0.855. The van der Waals surface area contributed by atoms with Gasteiger partial charge < -0.3 is 10.2 Å². The van der Waals surface area contributed by atoms with Crippen molar-refractivity contribution in [1.82, 2.24) is 9.88 Å². The fourth-order valence-corrected chi connectivity index (χ4v) is 1.95. The molecule has 1 aromatic heterocycles. The molecule has 0 aliphatic carbocycles. The highest BCUT2D eigenvalue weighted by molar-refractivity contribution is 5.33. The monoisotopic (exact) mass is 209 g/mol. The summed E-state index contributed by atoms with van der Waals surface area (Å²) in [6, 6.07) is 4.82. The SMILES string of the molecule is CN1CCC(CNc2cccc(F)n2)C1. The quantitative estimate of drug-likeness (QED) is 0.766. The molecule has 0 radical (unpaired) electrons. The van der Waals surface area contributed by atoms with E-state index in [-0.39, 0.29) is 0 Å². The van der Waals surface area contributed by atoms with E-state index in [9.17, 15) is 4.39 Å². The van der Waals surface area contributed by atoms with Gasteiger partial charge in [0.25, 0.3) is 0 Å². The van der Waals surface area contributed by atoms with E-state index in [0.29, 0.717) is 11.7 Å². The second-order valence-electron chi connectivity index (χ2n) is 4.14. The number of hydrogen-bond donors (Lipinski definition) is 1. The maximum atomic E-state index is 12.8. The van der Waals surface area contributed by atoms with Gasteiger partial charge in [-0.25, -0.2) is 4.98 Å². The maximum Gasteiger partial charge on any atom is 0.214 e. The molecule has 2 rings (SSSR count). The Kier molecular flexibility index (Phi) is 3.16. The topological polar surface area (TPSA) is 28.2 Å². The third-order valence-corrected chi connectivity index (χ3v) is 2.78. The van der Waals surface area contributed by atoms with E-state index in [1.54, 1.807) is 12.1 Å². The van der Waals surface area contributed by atoms with Crippen molar-refractivity contribution < 1.29 is 4.39 Å². The molecule has 1 unspecified atom stereocenters. The number of nitrogens with zero attached hydrogens (tertiary/aromatic N) is 2. The van der Waals surface area contributed by atoms with Crippen molar-refractivity contribution in [2.75, 3.05) is 32.0 Å². The molecule has 15 heavy (non-hydrogen) atoms. The first-order valence-corrected chi connectivity index (χ1v) is 5.29. The van der Waals surface area contributed by atoms with E-state index in [2.05, 4.69) is 22.2 Å². The Bertz CT molecular complexity index is 329. The van der Waals surface area contributed by atoms with Crippen LogP contribution in [0.25, 0.3) is 0 Å². The van der Waals surface area contributed by atoms with E-state index in [1.165, 1.54) is 12.5 Å². The second kappa shape index (κ2) is 4.57. The lowest BCUT2D eigenvalue weighted by Crippen LogP contribution is -2.19. The minimum Gasteiger partial charge on any atom is -0.370 e. The fourth-order valence-electron chi connectivity index (χ4n) is 1.95. The Balaban J connectivity index is 1.83. The number of halogens is 1. The van der Waals surface area contributed by atoms with Gasteiger partial charge in [0.2, 0.25) is 5.95 Å². The molecule has 1 N–H and O–H groups in total. The first kappa shape index (κ1) is 10.4. The van der Waals surface area contributed by atoms with E-state index in [4.69, 9.17) is 0 Å². The summed E-state index contributed by atoms with van der Waals surface area (Å²) in [7, 11) is 2.13. The van der Waals surface area contributed by atoms with Crippen molar-refractivity contribution in [3.63, 3.8) is 0 Å². The molecule has 2 heterocycles. The molecule has 1 saturated heterocycles. The van der Waals surface area contributed by atoms with Crippen LogP contribution >= 0.6 is 0 Å². The van der Waals surface area contributed by atoms with Crippen molar-refractivity contribution in [2.24, 2.45) is 5.92 Å². The lowest BCUT2D eigenvalue weighted by atomic mass is 10.1. The number of hydrogen-bond acceptors (Lipinski definition) is 3. The van der Waals surface area contributed by atoms with E-state index < -0.39 is 5.95 Å². The smallest absolute Gasteiger partial charge is 0.214 e. The summed E-state index contributed by atoms with van der Waals surface area (Å²) < 4.78 is 12.8. The Morgan fingerprint density at radius 2 is 2.47 bits per heavy atom. The van der Waals surface area contributed by atoms with Crippen LogP contribution in [0.3, 0.4) is 0 Å². The van der Waals surface area contributed by atoms with E-state index in [0.717, 1.165) is 19.6 Å². The van der Waals surface area contributed by atoms with Crippen LogP contribution in [-0.2, 0) is 0 Å². The molecule has 0 spiro atoms. The predicted octanol–water partition coefficient (Wildman–Crippen LogP) is 1.58. The zero-order valence-electron chi connectivity index (χ0n) is 8.91. The Morgan fingerprint density at radius 3 is 3.13 bits per heavy atom. The van der Waals surface area contributed by atoms with Crippen molar-refractivity contribution in [3.05, 3.63) is 24.1 Å². The van der Waals surface area contributed by atoms with Gasteiger partial charge in [-0.2, -0.15) is 4.39 Å². The van der Waals surface area contributed by atoms with Gasteiger partial charge in [-0.3, -0.25) is 0 Å². The molecular weight excluding hydrogens is 193 g/mol. The Morgan fingerprint density at radius 1 is 1.60 bits per heavy atom. The average molecular weight is 209 g/mol. The fraction of sp³-hybridized carbons (Fsp3) is 0.545. The third kappa shape index (κ3) is 2.89. The van der Waals surface area contributed by atoms with Gasteiger partial charge in [0.1, 0.15) is 5.82 Å². The van der Waals surface area contributed by atoms with Crippen molar-refractivity contribution in [3.8, 4) is 0 Å². The third-order valence-electron chi connectivity index (χ3n) is 2.78. The van der Waals surface area contributed by atoms with Gasteiger partial charge in [0.15, 0.2) is 0 Å². The van der Waals surface area contributed by atoms with Crippen molar-refractivity contribution in [1.29, 1.82) is 0 Å².